The molecule has 0 atom stereocenters. The van der Waals surface area contributed by atoms with Crippen molar-refractivity contribution in [2.45, 2.75) is 51.9 Å². The van der Waals surface area contributed by atoms with Gasteiger partial charge in [-0.1, -0.05) is 50.8 Å². The summed E-state index contributed by atoms with van der Waals surface area (Å²) in [4.78, 5) is 23.3. The van der Waals surface area contributed by atoms with Crippen molar-refractivity contribution in [3.63, 3.8) is 0 Å². The summed E-state index contributed by atoms with van der Waals surface area (Å²) in [5, 5.41) is 12.2. The van der Waals surface area contributed by atoms with Crippen molar-refractivity contribution in [2.75, 3.05) is 6.54 Å². The fourth-order valence-corrected chi connectivity index (χ4v) is 3.19. The van der Waals surface area contributed by atoms with Crippen molar-refractivity contribution >= 4 is 11.9 Å². The quantitative estimate of drug-likeness (QED) is 0.819. The average Bonchev–Trinajstić information content (AvgIpc) is 2.71. The SMILES string of the molecule is CC1(CNC(=O)Cc2ccccc2C(=O)O)CCCCCC1. The maximum atomic E-state index is 12.2. The third-order valence-electron chi connectivity index (χ3n) is 4.62. The number of carboxylic acid groups (broad SMARTS) is 1. The van der Waals surface area contributed by atoms with E-state index in [2.05, 4.69) is 12.2 Å². The monoisotopic (exact) mass is 303 g/mol. The highest BCUT2D eigenvalue weighted by Gasteiger charge is 2.26. The van der Waals surface area contributed by atoms with E-state index in [0.717, 1.165) is 12.8 Å². The number of rotatable bonds is 5. The molecular weight excluding hydrogens is 278 g/mol. The summed E-state index contributed by atoms with van der Waals surface area (Å²) >= 11 is 0. The molecule has 0 aliphatic heterocycles. The maximum absolute atomic E-state index is 12.2. The van der Waals surface area contributed by atoms with Crippen molar-refractivity contribution in [1.82, 2.24) is 5.32 Å². The molecule has 0 radical (unpaired) electrons. The van der Waals surface area contributed by atoms with Crippen LogP contribution in [0.2, 0.25) is 0 Å². The van der Waals surface area contributed by atoms with Gasteiger partial charge in [-0.2, -0.15) is 0 Å². The van der Waals surface area contributed by atoms with Crippen LogP contribution in [0.15, 0.2) is 24.3 Å². The lowest BCUT2D eigenvalue weighted by Crippen LogP contribution is -2.36. The summed E-state index contributed by atoms with van der Waals surface area (Å²) in [6.07, 6.45) is 7.46. The van der Waals surface area contributed by atoms with Gasteiger partial charge in [-0.25, -0.2) is 4.79 Å². The Hall–Kier alpha value is -1.84. The van der Waals surface area contributed by atoms with E-state index < -0.39 is 5.97 Å². The van der Waals surface area contributed by atoms with Crippen LogP contribution >= 0.6 is 0 Å². The van der Waals surface area contributed by atoms with E-state index in [9.17, 15) is 9.59 Å². The summed E-state index contributed by atoms with van der Waals surface area (Å²) in [6.45, 7) is 2.92. The molecule has 22 heavy (non-hydrogen) atoms. The van der Waals surface area contributed by atoms with Crippen molar-refractivity contribution in [3.05, 3.63) is 35.4 Å². The first-order valence-electron chi connectivity index (χ1n) is 8.08. The van der Waals surface area contributed by atoms with Crippen LogP contribution in [-0.4, -0.2) is 23.5 Å². The van der Waals surface area contributed by atoms with Gasteiger partial charge >= 0.3 is 5.97 Å². The lowest BCUT2D eigenvalue weighted by atomic mass is 9.82. The van der Waals surface area contributed by atoms with Crippen LogP contribution < -0.4 is 5.32 Å². The normalized spacial score (nSPS) is 17.5. The molecule has 4 nitrogen and oxygen atoms in total. The largest absolute Gasteiger partial charge is 0.478 e. The van der Waals surface area contributed by atoms with Gasteiger partial charge in [0.25, 0.3) is 0 Å². The molecule has 1 saturated carbocycles. The summed E-state index contributed by atoms with van der Waals surface area (Å²) < 4.78 is 0. The Morgan fingerprint density at radius 2 is 1.77 bits per heavy atom. The second-order valence-corrected chi connectivity index (χ2v) is 6.64. The van der Waals surface area contributed by atoms with Gasteiger partial charge in [0.15, 0.2) is 0 Å². The van der Waals surface area contributed by atoms with Crippen molar-refractivity contribution < 1.29 is 14.7 Å². The van der Waals surface area contributed by atoms with E-state index in [0.29, 0.717) is 12.1 Å². The number of nitrogens with one attached hydrogen (secondary N) is 1. The number of hydrogen-bond donors (Lipinski definition) is 2. The topological polar surface area (TPSA) is 66.4 Å². The fourth-order valence-electron chi connectivity index (χ4n) is 3.19. The molecule has 0 unspecified atom stereocenters. The van der Waals surface area contributed by atoms with Crippen LogP contribution in [0.1, 0.15) is 61.4 Å². The minimum atomic E-state index is -0.987. The van der Waals surface area contributed by atoms with E-state index in [1.807, 2.05) is 0 Å². The Morgan fingerprint density at radius 1 is 1.14 bits per heavy atom. The highest BCUT2D eigenvalue weighted by Crippen LogP contribution is 2.33. The van der Waals surface area contributed by atoms with Crippen LogP contribution in [0.4, 0.5) is 0 Å². The first-order chi connectivity index (χ1) is 10.5. The Morgan fingerprint density at radius 3 is 2.41 bits per heavy atom. The Bertz CT molecular complexity index is 531. The first kappa shape index (κ1) is 16.5. The maximum Gasteiger partial charge on any atom is 0.335 e. The minimum Gasteiger partial charge on any atom is -0.478 e. The molecule has 1 aromatic rings. The molecule has 1 aliphatic rings. The van der Waals surface area contributed by atoms with Gasteiger partial charge in [-0.05, 0) is 29.9 Å². The van der Waals surface area contributed by atoms with E-state index in [1.54, 1.807) is 18.2 Å². The van der Waals surface area contributed by atoms with E-state index >= 15 is 0 Å². The van der Waals surface area contributed by atoms with Crippen LogP contribution in [0.5, 0.6) is 0 Å². The second-order valence-electron chi connectivity index (χ2n) is 6.64. The van der Waals surface area contributed by atoms with Gasteiger partial charge in [-0.3, -0.25) is 4.79 Å². The van der Waals surface area contributed by atoms with Crippen molar-refractivity contribution in [2.24, 2.45) is 5.41 Å². The second kappa shape index (κ2) is 7.43. The molecule has 0 bridgehead atoms. The molecule has 2 N–H and O–H groups in total. The summed E-state index contributed by atoms with van der Waals surface area (Å²) in [7, 11) is 0. The van der Waals surface area contributed by atoms with Gasteiger partial charge in [0, 0.05) is 6.54 Å². The fraction of sp³-hybridized carbons (Fsp3) is 0.556. The number of carbonyl (C=O) groups is 2. The van der Waals surface area contributed by atoms with E-state index in [4.69, 9.17) is 5.11 Å². The predicted octanol–water partition coefficient (Wildman–Crippen LogP) is 3.40. The third-order valence-corrected chi connectivity index (χ3v) is 4.62. The zero-order valence-corrected chi connectivity index (χ0v) is 13.2. The molecule has 1 aliphatic carbocycles. The van der Waals surface area contributed by atoms with Gasteiger partial charge < -0.3 is 10.4 Å². The minimum absolute atomic E-state index is 0.0980. The molecule has 0 heterocycles. The van der Waals surface area contributed by atoms with Crippen LogP contribution in [-0.2, 0) is 11.2 Å². The Balaban J connectivity index is 1.92. The number of benzene rings is 1. The predicted molar refractivity (Wildman–Crippen MR) is 85.9 cm³/mol. The molecule has 2 rings (SSSR count). The zero-order valence-electron chi connectivity index (χ0n) is 13.2. The van der Waals surface area contributed by atoms with Crippen LogP contribution in [0, 0.1) is 5.41 Å². The third kappa shape index (κ3) is 4.58. The summed E-state index contributed by atoms with van der Waals surface area (Å²) in [6, 6.07) is 6.69. The molecule has 1 amide bonds. The molecule has 1 aromatic carbocycles. The molecule has 4 heteroatoms. The van der Waals surface area contributed by atoms with E-state index in [-0.39, 0.29) is 23.3 Å². The molecule has 0 spiro atoms. The number of aromatic carboxylic acids is 1. The molecule has 0 saturated heterocycles. The smallest absolute Gasteiger partial charge is 0.335 e. The number of carbonyl (C=O) groups excluding carboxylic acids is 1. The highest BCUT2D eigenvalue weighted by molar-refractivity contribution is 5.91. The summed E-state index contributed by atoms with van der Waals surface area (Å²) in [5.41, 5.74) is 0.954. The van der Waals surface area contributed by atoms with Crippen LogP contribution in [0.3, 0.4) is 0 Å². The van der Waals surface area contributed by atoms with Crippen LogP contribution in [0.25, 0.3) is 0 Å². The zero-order chi connectivity index (χ0) is 16.0. The lowest BCUT2D eigenvalue weighted by molar-refractivity contribution is -0.121. The van der Waals surface area contributed by atoms with Crippen molar-refractivity contribution in [1.29, 1.82) is 0 Å². The lowest BCUT2D eigenvalue weighted by Gasteiger charge is -2.28. The number of hydrogen-bond acceptors (Lipinski definition) is 2. The molecule has 0 aromatic heterocycles. The average molecular weight is 303 g/mol. The Kier molecular flexibility index (Phi) is 5.58. The molecular formula is C18H25NO3. The number of carboxylic acids is 1. The first-order valence-corrected chi connectivity index (χ1v) is 8.08. The molecule has 1 fully saturated rings. The standard InChI is InChI=1S/C18H25NO3/c1-18(10-6-2-3-7-11-18)13-19-16(20)12-14-8-4-5-9-15(14)17(21)22/h4-5,8-9H,2-3,6-7,10-13H2,1H3,(H,19,20)(H,21,22). The van der Waals surface area contributed by atoms with Gasteiger partial charge in [0.05, 0.1) is 12.0 Å². The van der Waals surface area contributed by atoms with Gasteiger partial charge in [-0.15, -0.1) is 0 Å². The highest BCUT2D eigenvalue weighted by atomic mass is 16.4. The van der Waals surface area contributed by atoms with Crippen molar-refractivity contribution in [3.8, 4) is 0 Å². The molecule has 120 valence electrons. The van der Waals surface area contributed by atoms with Gasteiger partial charge in [0.1, 0.15) is 0 Å². The van der Waals surface area contributed by atoms with E-state index in [1.165, 1.54) is 31.7 Å². The number of amides is 1. The Labute approximate surface area is 131 Å². The van der Waals surface area contributed by atoms with Gasteiger partial charge in [0.2, 0.25) is 5.91 Å². The summed E-state index contributed by atoms with van der Waals surface area (Å²) in [5.74, 6) is -1.08.